The van der Waals surface area contributed by atoms with Crippen molar-refractivity contribution in [1.82, 2.24) is 19.5 Å². The third-order valence-corrected chi connectivity index (χ3v) is 11.8. The molecule has 0 aliphatic carbocycles. The Morgan fingerprint density at radius 2 is 0.857 bits per heavy atom. The highest BCUT2D eigenvalue weighted by Gasteiger charge is 2.18. The first-order valence-corrected chi connectivity index (χ1v) is 19.6. The van der Waals surface area contributed by atoms with Gasteiger partial charge in [-0.05, 0) is 69.8 Å². The monoisotopic (exact) mass is 732 g/mol. The number of rotatable bonds is 6. The van der Waals surface area contributed by atoms with E-state index < -0.39 is 0 Å². The first-order valence-electron chi connectivity index (χ1n) is 18.8. The van der Waals surface area contributed by atoms with Crippen LogP contribution in [0.4, 0.5) is 0 Å². The average Bonchev–Trinajstić information content (AvgIpc) is 3.83. The van der Waals surface area contributed by atoms with E-state index in [1.165, 1.54) is 53.2 Å². The van der Waals surface area contributed by atoms with Crippen LogP contribution in [0.15, 0.2) is 194 Å². The lowest BCUT2D eigenvalue weighted by Gasteiger charge is -2.11. The summed E-state index contributed by atoms with van der Waals surface area (Å²) >= 11 is 1.86. The molecular weight excluding hydrogens is 701 g/mol. The molecule has 11 aromatic rings. The Morgan fingerprint density at radius 3 is 1.55 bits per heavy atom. The van der Waals surface area contributed by atoms with Gasteiger partial charge in [-0.25, -0.2) is 4.98 Å². The molecule has 0 saturated carbocycles. The van der Waals surface area contributed by atoms with Crippen molar-refractivity contribution in [3.05, 3.63) is 194 Å². The third-order valence-electron chi connectivity index (χ3n) is 10.7. The van der Waals surface area contributed by atoms with Gasteiger partial charge in [-0.2, -0.15) is 9.97 Å². The van der Waals surface area contributed by atoms with Gasteiger partial charge in [0.2, 0.25) is 5.95 Å². The largest absolute Gasteiger partial charge is 0.278 e. The molecule has 0 aliphatic heterocycles. The molecule has 3 heterocycles. The molecule has 0 amide bonds. The summed E-state index contributed by atoms with van der Waals surface area (Å²) in [6, 6.07) is 68.7. The molecule has 5 heteroatoms. The van der Waals surface area contributed by atoms with Crippen LogP contribution in [0.3, 0.4) is 0 Å². The molecule has 0 spiro atoms. The minimum atomic E-state index is 0.592. The van der Waals surface area contributed by atoms with Gasteiger partial charge >= 0.3 is 0 Å². The van der Waals surface area contributed by atoms with Gasteiger partial charge in [-0.1, -0.05) is 158 Å². The molecule has 8 aromatic carbocycles. The highest BCUT2D eigenvalue weighted by Crippen LogP contribution is 2.42. The topological polar surface area (TPSA) is 43.6 Å². The molecule has 0 bridgehead atoms. The fourth-order valence-electron chi connectivity index (χ4n) is 8.00. The summed E-state index contributed by atoms with van der Waals surface area (Å²) in [5.41, 5.74) is 11.2. The fourth-order valence-corrected chi connectivity index (χ4v) is 9.12. The Kier molecular flexibility index (Phi) is 7.64. The molecule has 11 rings (SSSR count). The van der Waals surface area contributed by atoms with Gasteiger partial charge in [-0.3, -0.25) is 4.57 Å². The number of benzene rings is 8. The summed E-state index contributed by atoms with van der Waals surface area (Å²) in [7, 11) is 0. The van der Waals surface area contributed by atoms with E-state index in [1.807, 2.05) is 41.7 Å². The zero-order chi connectivity index (χ0) is 37.0. The second-order valence-electron chi connectivity index (χ2n) is 14.0. The lowest BCUT2D eigenvalue weighted by Crippen LogP contribution is -2.06. The number of para-hydroxylation sites is 2. The molecule has 0 unspecified atom stereocenters. The maximum Gasteiger partial charge on any atom is 0.238 e. The number of hydrogen-bond donors (Lipinski definition) is 0. The average molecular weight is 733 g/mol. The Hall–Kier alpha value is -7.21. The van der Waals surface area contributed by atoms with Crippen molar-refractivity contribution in [1.29, 1.82) is 0 Å². The standard InChI is InChI=1S/C51H32N4S/c1-3-13-34(14-4-1)40-21-12-24-47-48(40)43-32-39(29-30-46(43)56-47)38-18-11-17-37(31-38)33-25-27-36(28-26-33)50-52-49(35-15-5-2-6-16-35)53-51(54-50)55-44-22-9-7-19-41(44)42-20-8-10-23-45(42)55/h1-32H. The fraction of sp³-hybridized carbons (Fsp3) is 0. The molecule has 3 aromatic heterocycles. The maximum atomic E-state index is 5.14. The van der Waals surface area contributed by atoms with E-state index >= 15 is 0 Å². The van der Waals surface area contributed by atoms with E-state index in [-0.39, 0.29) is 0 Å². The normalized spacial score (nSPS) is 11.6. The van der Waals surface area contributed by atoms with E-state index in [1.54, 1.807) is 0 Å². The Morgan fingerprint density at radius 1 is 0.339 bits per heavy atom. The van der Waals surface area contributed by atoms with Crippen molar-refractivity contribution in [3.63, 3.8) is 0 Å². The van der Waals surface area contributed by atoms with Crippen molar-refractivity contribution >= 4 is 53.3 Å². The highest BCUT2D eigenvalue weighted by atomic mass is 32.1. The Balaban J connectivity index is 0.982. The van der Waals surface area contributed by atoms with Crippen molar-refractivity contribution in [3.8, 4) is 62.1 Å². The first kappa shape index (κ1) is 32.2. The lowest BCUT2D eigenvalue weighted by atomic mass is 9.96. The summed E-state index contributed by atoms with van der Waals surface area (Å²) in [5.74, 6) is 1.85. The number of nitrogens with zero attached hydrogens (tertiary/aromatic N) is 4. The van der Waals surface area contributed by atoms with E-state index in [0.717, 1.165) is 33.3 Å². The minimum absolute atomic E-state index is 0.592. The molecule has 0 aliphatic rings. The smallest absolute Gasteiger partial charge is 0.238 e. The summed E-state index contributed by atoms with van der Waals surface area (Å²) in [6.07, 6.45) is 0. The molecular formula is C51H32N4S. The van der Waals surface area contributed by atoms with Crippen LogP contribution in [0.2, 0.25) is 0 Å². The quantitative estimate of drug-likeness (QED) is 0.171. The molecule has 56 heavy (non-hydrogen) atoms. The van der Waals surface area contributed by atoms with E-state index in [2.05, 4.69) is 168 Å². The lowest BCUT2D eigenvalue weighted by molar-refractivity contribution is 0.953. The van der Waals surface area contributed by atoms with Crippen LogP contribution in [0.1, 0.15) is 0 Å². The Bertz CT molecular complexity index is 3180. The van der Waals surface area contributed by atoms with Gasteiger partial charge in [0.25, 0.3) is 0 Å². The second-order valence-corrected chi connectivity index (χ2v) is 15.1. The molecule has 0 atom stereocenters. The van der Waals surface area contributed by atoms with E-state index in [9.17, 15) is 0 Å². The summed E-state index contributed by atoms with van der Waals surface area (Å²) in [4.78, 5) is 15.2. The summed E-state index contributed by atoms with van der Waals surface area (Å²) < 4.78 is 4.76. The maximum absolute atomic E-state index is 5.14. The van der Waals surface area contributed by atoms with E-state index in [4.69, 9.17) is 15.0 Å². The molecule has 0 saturated heterocycles. The molecule has 0 N–H and O–H groups in total. The van der Waals surface area contributed by atoms with Gasteiger partial charge in [0.1, 0.15) is 0 Å². The van der Waals surface area contributed by atoms with Crippen LogP contribution in [0, 0.1) is 0 Å². The van der Waals surface area contributed by atoms with Crippen LogP contribution in [-0.4, -0.2) is 19.5 Å². The van der Waals surface area contributed by atoms with Crippen molar-refractivity contribution in [2.24, 2.45) is 0 Å². The minimum Gasteiger partial charge on any atom is -0.278 e. The second kappa shape index (κ2) is 13.3. The van der Waals surface area contributed by atoms with Crippen LogP contribution in [-0.2, 0) is 0 Å². The molecule has 0 radical (unpaired) electrons. The number of fused-ring (bicyclic) bond motifs is 6. The van der Waals surface area contributed by atoms with Gasteiger partial charge in [0, 0.05) is 42.1 Å². The number of aromatic nitrogens is 4. The zero-order valence-electron chi connectivity index (χ0n) is 30.2. The van der Waals surface area contributed by atoms with Crippen LogP contribution in [0.5, 0.6) is 0 Å². The predicted octanol–water partition coefficient (Wildman–Crippen LogP) is 13.7. The molecule has 262 valence electrons. The van der Waals surface area contributed by atoms with Crippen molar-refractivity contribution in [2.45, 2.75) is 0 Å². The van der Waals surface area contributed by atoms with E-state index in [0.29, 0.717) is 17.6 Å². The SMILES string of the molecule is c1ccc(-c2nc(-c3ccc(-c4cccc(-c5ccc6sc7cccc(-c8ccccc8)c7c6c5)c4)cc3)nc(-n3c4ccccc4c4ccccc43)n2)cc1. The molecule has 0 fully saturated rings. The van der Waals surface area contributed by atoms with Gasteiger partial charge in [-0.15, -0.1) is 11.3 Å². The predicted molar refractivity (Wildman–Crippen MR) is 234 cm³/mol. The number of thiophene rings is 1. The molecule has 4 nitrogen and oxygen atoms in total. The Labute approximate surface area is 327 Å². The van der Waals surface area contributed by atoms with Crippen LogP contribution >= 0.6 is 11.3 Å². The highest BCUT2D eigenvalue weighted by molar-refractivity contribution is 7.26. The van der Waals surface area contributed by atoms with Gasteiger partial charge in [0.15, 0.2) is 11.6 Å². The van der Waals surface area contributed by atoms with Crippen LogP contribution in [0.25, 0.3) is 104 Å². The van der Waals surface area contributed by atoms with Crippen molar-refractivity contribution in [2.75, 3.05) is 0 Å². The van der Waals surface area contributed by atoms with Gasteiger partial charge < -0.3 is 0 Å². The summed E-state index contributed by atoms with van der Waals surface area (Å²) in [5, 5.41) is 4.95. The summed E-state index contributed by atoms with van der Waals surface area (Å²) in [6.45, 7) is 0. The van der Waals surface area contributed by atoms with Gasteiger partial charge in [0.05, 0.1) is 11.0 Å². The van der Waals surface area contributed by atoms with Crippen molar-refractivity contribution < 1.29 is 0 Å². The van der Waals surface area contributed by atoms with Crippen LogP contribution < -0.4 is 0 Å². The first-order chi connectivity index (χ1) is 27.7. The third kappa shape index (κ3) is 5.48. The number of hydrogen-bond acceptors (Lipinski definition) is 4. The zero-order valence-corrected chi connectivity index (χ0v) is 31.0.